The standard InChI is InChI=1S/C16H10BrN3O/c17-13-3-1-12-7-14(4-2-11(12)6-13)21-16-15(19)5-10(8-18)9-20-16/h1-7,9H,19H2. The highest BCUT2D eigenvalue weighted by atomic mass is 79.9. The van der Waals surface area contributed by atoms with Gasteiger partial charge in [-0.1, -0.05) is 28.1 Å². The number of hydrogen-bond donors (Lipinski definition) is 1. The van der Waals surface area contributed by atoms with Gasteiger partial charge >= 0.3 is 0 Å². The Kier molecular flexibility index (Phi) is 3.46. The molecule has 0 saturated carbocycles. The molecule has 0 aliphatic carbocycles. The van der Waals surface area contributed by atoms with Crippen LogP contribution in [0.15, 0.2) is 53.1 Å². The monoisotopic (exact) mass is 339 g/mol. The summed E-state index contributed by atoms with van der Waals surface area (Å²) < 4.78 is 6.72. The predicted octanol–water partition coefficient (Wildman–Crippen LogP) is 4.24. The predicted molar refractivity (Wildman–Crippen MR) is 85.1 cm³/mol. The molecule has 0 radical (unpaired) electrons. The molecule has 2 aromatic carbocycles. The van der Waals surface area contributed by atoms with Crippen LogP contribution in [0.4, 0.5) is 5.69 Å². The highest BCUT2D eigenvalue weighted by Gasteiger charge is 2.06. The van der Waals surface area contributed by atoms with Crippen LogP contribution in [0.2, 0.25) is 0 Å². The number of aromatic nitrogens is 1. The molecule has 1 aromatic heterocycles. The van der Waals surface area contributed by atoms with Gasteiger partial charge in [0.15, 0.2) is 0 Å². The van der Waals surface area contributed by atoms with Crippen molar-refractivity contribution in [2.45, 2.75) is 0 Å². The molecule has 4 nitrogen and oxygen atoms in total. The Hall–Kier alpha value is -2.58. The average Bonchev–Trinajstić information content (AvgIpc) is 2.49. The van der Waals surface area contributed by atoms with E-state index in [0.29, 0.717) is 22.9 Å². The number of hydrogen-bond acceptors (Lipinski definition) is 4. The Bertz CT molecular complexity index is 871. The van der Waals surface area contributed by atoms with Crippen LogP contribution in [0.3, 0.4) is 0 Å². The van der Waals surface area contributed by atoms with Crippen LogP contribution >= 0.6 is 15.9 Å². The van der Waals surface area contributed by atoms with Crippen molar-refractivity contribution < 1.29 is 4.74 Å². The molecule has 0 saturated heterocycles. The maximum absolute atomic E-state index is 8.79. The van der Waals surface area contributed by atoms with E-state index in [1.165, 1.54) is 6.20 Å². The zero-order valence-corrected chi connectivity index (χ0v) is 12.5. The van der Waals surface area contributed by atoms with Gasteiger partial charge in [0.2, 0.25) is 5.88 Å². The first kappa shape index (κ1) is 13.4. The van der Waals surface area contributed by atoms with Crippen molar-refractivity contribution >= 4 is 32.4 Å². The minimum Gasteiger partial charge on any atom is -0.437 e. The van der Waals surface area contributed by atoms with Crippen LogP contribution in [0.1, 0.15) is 5.56 Å². The Morgan fingerprint density at radius 2 is 1.86 bits per heavy atom. The number of nitrogens with two attached hydrogens (primary N) is 1. The number of rotatable bonds is 2. The fourth-order valence-corrected chi connectivity index (χ4v) is 2.36. The van der Waals surface area contributed by atoms with Gasteiger partial charge in [-0.25, -0.2) is 4.98 Å². The Morgan fingerprint density at radius 3 is 2.62 bits per heavy atom. The normalized spacial score (nSPS) is 10.3. The van der Waals surface area contributed by atoms with Gasteiger partial charge in [0.1, 0.15) is 11.8 Å². The average molecular weight is 340 g/mol. The van der Waals surface area contributed by atoms with E-state index < -0.39 is 0 Å². The van der Waals surface area contributed by atoms with Gasteiger partial charge < -0.3 is 10.5 Å². The molecule has 5 heteroatoms. The molecule has 0 atom stereocenters. The molecular formula is C16H10BrN3O. The lowest BCUT2D eigenvalue weighted by molar-refractivity contribution is 0.466. The summed E-state index contributed by atoms with van der Waals surface area (Å²) >= 11 is 3.44. The minimum atomic E-state index is 0.297. The summed E-state index contributed by atoms with van der Waals surface area (Å²) in [5.74, 6) is 0.944. The van der Waals surface area contributed by atoms with Crippen LogP contribution in [-0.2, 0) is 0 Å². The van der Waals surface area contributed by atoms with Gasteiger partial charge in [-0.3, -0.25) is 0 Å². The number of fused-ring (bicyclic) bond motifs is 1. The molecule has 3 rings (SSSR count). The van der Waals surface area contributed by atoms with Gasteiger partial charge in [-0.15, -0.1) is 0 Å². The number of anilines is 1. The summed E-state index contributed by atoms with van der Waals surface area (Å²) in [5, 5.41) is 11.0. The van der Waals surface area contributed by atoms with Crippen molar-refractivity contribution in [1.82, 2.24) is 4.98 Å². The van der Waals surface area contributed by atoms with Crippen molar-refractivity contribution in [2.24, 2.45) is 0 Å². The summed E-state index contributed by atoms with van der Waals surface area (Å²) in [7, 11) is 0. The summed E-state index contributed by atoms with van der Waals surface area (Å²) in [4.78, 5) is 4.06. The first-order chi connectivity index (χ1) is 10.2. The molecule has 0 unspecified atom stereocenters. The second-order valence-electron chi connectivity index (χ2n) is 4.49. The third-order valence-electron chi connectivity index (χ3n) is 3.00. The lowest BCUT2D eigenvalue weighted by atomic mass is 10.1. The molecule has 0 bridgehead atoms. The fraction of sp³-hybridized carbons (Fsp3) is 0. The molecule has 2 N–H and O–H groups in total. The number of nitriles is 1. The van der Waals surface area contributed by atoms with Gasteiger partial charge in [0.05, 0.1) is 11.3 Å². The quantitative estimate of drug-likeness (QED) is 0.757. The third kappa shape index (κ3) is 2.81. The highest BCUT2D eigenvalue weighted by molar-refractivity contribution is 9.10. The van der Waals surface area contributed by atoms with Gasteiger partial charge in [0.25, 0.3) is 0 Å². The largest absolute Gasteiger partial charge is 0.437 e. The van der Waals surface area contributed by atoms with E-state index in [1.54, 1.807) is 6.07 Å². The number of pyridine rings is 1. The molecule has 0 amide bonds. The number of nitrogen functional groups attached to an aromatic ring is 1. The lowest BCUT2D eigenvalue weighted by Crippen LogP contribution is -1.96. The fourth-order valence-electron chi connectivity index (χ4n) is 1.99. The van der Waals surface area contributed by atoms with Crippen molar-refractivity contribution in [3.05, 3.63) is 58.7 Å². The van der Waals surface area contributed by atoms with Crippen molar-refractivity contribution in [3.63, 3.8) is 0 Å². The Labute approximate surface area is 129 Å². The molecule has 102 valence electrons. The van der Waals surface area contributed by atoms with Crippen molar-refractivity contribution in [3.8, 4) is 17.7 Å². The number of halogens is 1. The maximum atomic E-state index is 8.79. The first-order valence-electron chi connectivity index (χ1n) is 6.18. The third-order valence-corrected chi connectivity index (χ3v) is 3.49. The van der Waals surface area contributed by atoms with E-state index in [-0.39, 0.29) is 0 Å². The number of nitrogens with zero attached hydrogens (tertiary/aromatic N) is 2. The van der Waals surface area contributed by atoms with E-state index in [9.17, 15) is 0 Å². The summed E-state index contributed by atoms with van der Waals surface area (Å²) in [6.45, 7) is 0. The minimum absolute atomic E-state index is 0.297. The molecule has 0 aliphatic heterocycles. The van der Waals surface area contributed by atoms with Crippen molar-refractivity contribution in [2.75, 3.05) is 5.73 Å². The van der Waals surface area contributed by atoms with Crippen LogP contribution in [0.25, 0.3) is 10.8 Å². The molecule has 0 fully saturated rings. The van der Waals surface area contributed by atoms with E-state index >= 15 is 0 Å². The summed E-state index contributed by atoms with van der Waals surface area (Å²) in [6, 6.07) is 15.3. The summed E-state index contributed by atoms with van der Waals surface area (Å²) in [6.07, 6.45) is 1.43. The second-order valence-corrected chi connectivity index (χ2v) is 5.40. The Balaban J connectivity index is 1.95. The van der Waals surface area contributed by atoms with E-state index in [0.717, 1.165) is 15.2 Å². The van der Waals surface area contributed by atoms with Gasteiger partial charge in [-0.2, -0.15) is 5.26 Å². The molecule has 0 aliphatic rings. The first-order valence-corrected chi connectivity index (χ1v) is 6.98. The van der Waals surface area contributed by atoms with Crippen LogP contribution < -0.4 is 10.5 Å². The zero-order chi connectivity index (χ0) is 14.8. The highest BCUT2D eigenvalue weighted by Crippen LogP contribution is 2.29. The van der Waals surface area contributed by atoms with Crippen molar-refractivity contribution in [1.29, 1.82) is 5.26 Å². The van der Waals surface area contributed by atoms with Gasteiger partial charge in [0, 0.05) is 10.7 Å². The SMILES string of the molecule is N#Cc1cnc(Oc2ccc3cc(Br)ccc3c2)c(N)c1. The zero-order valence-electron chi connectivity index (χ0n) is 10.9. The van der Waals surface area contributed by atoms with E-state index in [2.05, 4.69) is 20.9 Å². The van der Waals surface area contributed by atoms with Crippen LogP contribution in [-0.4, -0.2) is 4.98 Å². The van der Waals surface area contributed by atoms with Crippen LogP contribution in [0.5, 0.6) is 11.6 Å². The lowest BCUT2D eigenvalue weighted by Gasteiger charge is -2.08. The molecular weight excluding hydrogens is 330 g/mol. The van der Waals surface area contributed by atoms with E-state index in [1.807, 2.05) is 42.5 Å². The van der Waals surface area contributed by atoms with Gasteiger partial charge in [-0.05, 0) is 41.1 Å². The summed E-state index contributed by atoms with van der Waals surface area (Å²) in [5.41, 5.74) is 6.58. The van der Waals surface area contributed by atoms with E-state index in [4.69, 9.17) is 15.7 Å². The molecule has 21 heavy (non-hydrogen) atoms. The topological polar surface area (TPSA) is 71.9 Å². The number of benzene rings is 2. The molecule has 3 aromatic rings. The maximum Gasteiger partial charge on any atom is 0.242 e. The smallest absolute Gasteiger partial charge is 0.242 e. The number of ether oxygens (including phenoxy) is 1. The Morgan fingerprint density at radius 1 is 1.10 bits per heavy atom. The second kappa shape index (κ2) is 5.43. The molecule has 0 spiro atoms. The van der Waals surface area contributed by atoms with Crippen LogP contribution in [0, 0.1) is 11.3 Å². The molecule has 1 heterocycles.